The molecule has 0 aromatic heterocycles. The van der Waals surface area contributed by atoms with Gasteiger partial charge in [-0.15, -0.1) is 11.6 Å². The van der Waals surface area contributed by atoms with Gasteiger partial charge in [-0.1, -0.05) is 13.8 Å². The fraction of sp³-hybridized carbons (Fsp3) is 0.417. The summed E-state index contributed by atoms with van der Waals surface area (Å²) in [4.78, 5) is 11.3. The maximum absolute atomic E-state index is 12.5. The van der Waals surface area contributed by atoms with E-state index in [1.165, 1.54) is 24.3 Å². The van der Waals surface area contributed by atoms with E-state index in [2.05, 4.69) is 0 Å². The van der Waals surface area contributed by atoms with Crippen LogP contribution in [-0.4, -0.2) is 11.7 Å². The van der Waals surface area contributed by atoms with Crippen molar-refractivity contribution in [2.45, 2.75) is 26.7 Å². The predicted molar refractivity (Wildman–Crippen MR) is 62.0 cm³/mol. The summed E-state index contributed by atoms with van der Waals surface area (Å²) in [5.41, 5.74) is 0.548. The zero-order valence-electron chi connectivity index (χ0n) is 9.09. The lowest BCUT2D eigenvalue weighted by Crippen LogP contribution is -1.98. The SMILES string of the molecule is CC.O=C(CCCCl)c1ccc(F)cc1. The summed E-state index contributed by atoms with van der Waals surface area (Å²) in [6.45, 7) is 4.00. The van der Waals surface area contributed by atoms with Gasteiger partial charge < -0.3 is 0 Å². The molecule has 0 spiro atoms. The van der Waals surface area contributed by atoms with Gasteiger partial charge in [-0.3, -0.25) is 4.79 Å². The molecule has 0 amide bonds. The second-order valence-corrected chi connectivity index (χ2v) is 3.10. The van der Waals surface area contributed by atoms with E-state index < -0.39 is 0 Å². The van der Waals surface area contributed by atoms with Crippen LogP contribution < -0.4 is 0 Å². The summed E-state index contributed by atoms with van der Waals surface area (Å²) in [6.07, 6.45) is 1.09. The lowest BCUT2D eigenvalue weighted by molar-refractivity contribution is 0.0982. The van der Waals surface area contributed by atoms with Crippen molar-refractivity contribution in [1.29, 1.82) is 0 Å². The molecule has 0 aliphatic rings. The summed E-state index contributed by atoms with van der Waals surface area (Å²) in [5, 5.41) is 0. The molecule has 0 fully saturated rings. The fourth-order valence-electron chi connectivity index (χ4n) is 1.01. The molecular formula is C12H16ClFO. The third kappa shape index (κ3) is 5.53. The Labute approximate surface area is 95.3 Å². The van der Waals surface area contributed by atoms with E-state index in [0.717, 1.165) is 0 Å². The van der Waals surface area contributed by atoms with Crippen molar-refractivity contribution in [3.05, 3.63) is 35.6 Å². The molecule has 15 heavy (non-hydrogen) atoms. The number of hydrogen-bond donors (Lipinski definition) is 0. The quantitative estimate of drug-likeness (QED) is 0.563. The minimum Gasteiger partial charge on any atom is -0.294 e. The Morgan fingerprint density at radius 2 is 1.80 bits per heavy atom. The molecule has 0 saturated heterocycles. The first-order valence-corrected chi connectivity index (χ1v) is 5.62. The number of benzene rings is 1. The van der Waals surface area contributed by atoms with Gasteiger partial charge in [-0.2, -0.15) is 0 Å². The standard InChI is InChI=1S/C10H10ClFO.C2H6/c11-7-1-2-10(13)8-3-5-9(12)6-4-8;1-2/h3-6H,1-2,7H2;1-2H3. The number of Topliss-reactive ketones (excluding diaryl/α,β-unsaturated/α-hetero) is 1. The monoisotopic (exact) mass is 230 g/mol. The summed E-state index contributed by atoms with van der Waals surface area (Å²) in [5.74, 6) is 0.168. The van der Waals surface area contributed by atoms with Gasteiger partial charge in [0.05, 0.1) is 0 Å². The number of ketones is 1. The molecule has 0 N–H and O–H groups in total. The van der Waals surface area contributed by atoms with Gasteiger partial charge in [0, 0.05) is 17.9 Å². The minimum absolute atomic E-state index is 0.0145. The Balaban J connectivity index is 0.000000921. The fourth-order valence-corrected chi connectivity index (χ4v) is 1.14. The van der Waals surface area contributed by atoms with Crippen LogP contribution in [0.25, 0.3) is 0 Å². The molecule has 84 valence electrons. The second kappa shape index (κ2) is 8.42. The third-order valence-corrected chi connectivity index (χ3v) is 1.97. The summed E-state index contributed by atoms with van der Waals surface area (Å²) in [7, 11) is 0. The van der Waals surface area contributed by atoms with E-state index in [9.17, 15) is 9.18 Å². The van der Waals surface area contributed by atoms with Gasteiger partial charge in [0.15, 0.2) is 5.78 Å². The summed E-state index contributed by atoms with van der Waals surface area (Å²) in [6, 6.07) is 5.56. The van der Waals surface area contributed by atoms with Gasteiger partial charge >= 0.3 is 0 Å². The first kappa shape index (κ1) is 14.1. The number of rotatable bonds is 4. The van der Waals surface area contributed by atoms with Crippen molar-refractivity contribution in [1.82, 2.24) is 0 Å². The van der Waals surface area contributed by atoms with E-state index in [4.69, 9.17) is 11.6 Å². The van der Waals surface area contributed by atoms with Crippen LogP contribution in [0.2, 0.25) is 0 Å². The van der Waals surface area contributed by atoms with Crippen molar-refractivity contribution >= 4 is 17.4 Å². The largest absolute Gasteiger partial charge is 0.294 e. The van der Waals surface area contributed by atoms with Crippen molar-refractivity contribution in [2.24, 2.45) is 0 Å². The predicted octanol–water partition coefficient (Wildman–Crippen LogP) is 4.05. The van der Waals surface area contributed by atoms with E-state index in [1.54, 1.807) is 0 Å². The zero-order chi connectivity index (χ0) is 11.7. The Hall–Kier alpha value is -0.890. The molecule has 0 saturated carbocycles. The number of carbonyl (C=O) groups excluding carboxylic acids is 1. The topological polar surface area (TPSA) is 17.1 Å². The van der Waals surface area contributed by atoms with Gasteiger partial charge in [-0.25, -0.2) is 4.39 Å². The van der Waals surface area contributed by atoms with E-state index in [1.807, 2.05) is 13.8 Å². The summed E-state index contributed by atoms with van der Waals surface area (Å²) >= 11 is 5.45. The molecule has 1 aromatic carbocycles. The Morgan fingerprint density at radius 1 is 1.27 bits per heavy atom. The van der Waals surface area contributed by atoms with Crippen LogP contribution in [0.15, 0.2) is 24.3 Å². The normalized spacial score (nSPS) is 9.07. The smallest absolute Gasteiger partial charge is 0.162 e. The maximum Gasteiger partial charge on any atom is 0.162 e. The van der Waals surface area contributed by atoms with Crippen molar-refractivity contribution in [2.75, 3.05) is 5.88 Å². The molecule has 0 aliphatic heterocycles. The molecule has 0 atom stereocenters. The van der Waals surface area contributed by atoms with Crippen LogP contribution in [0.5, 0.6) is 0 Å². The average molecular weight is 231 g/mol. The lowest BCUT2D eigenvalue weighted by atomic mass is 10.1. The van der Waals surface area contributed by atoms with Gasteiger partial charge in [0.25, 0.3) is 0 Å². The van der Waals surface area contributed by atoms with Crippen LogP contribution in [-0.2, 0) is 0 Å². The number of hydrogen-bond acceptors (Lipinski definition) is 1. The second-order valence-electron chi connectivity index (χ2n) is 2.72. The van der Waals surface area contributed by atoms with E-state index in [0.29, 0.717) is 24.3 Å². The van der Waals surface area contributed by atoms with Crippen molar-refractivity contribution in [3.63, 3.8) is 0 Å². The molecule has 1 nitrogen and oxygen atoms in total. The maximum atomic E-state index is 12.5. The van der Waals surface area contributed by atoms with E-state index >= 15 is 0 Å². The molecule has 0 aliphatic carbocycles. The highest BCUT2D eigenvalue weighted by Crippen LogP contribution is 2.07. The van der Waals surface area contributed by atoms with Crippen LogP contribution in [0.4, 0.5) is 4.39 Å². The molecule has 1 aromatic rings. The summed E-state index contributed by atoms with van der Waals surface area (Å²) < 4.78 is 12.5. The molecule has 3 heteroatoms. The number of carbonyl (C=O) groups is 1. The van der Waals surface area contributed by atoms with Crippen molar-refractivity contribution in [3.8, 4) is 0 Å². The van der Waals surface area contributed by atoms with Crippen LogP contribution >= 0.6 is 11.6 Å². The Kier molecular flexibility index (Phi) is 7.92. The molecular weight excluding hydrogens is 215 g/mol. The van der Waals surface area contributed by atoms with Crippen LogP contribution in [0.3, 0.4) is 0 Å². The van der Waals surface area contributed by atoms with Gasteiger partial charge in [0.2, 0.25) is 0 Å². The first-order chi connectivity index (χ1) is 7.24. The highest BCUT2D eigenvalue weighted by Gasteiger charge is 2.04. The molecule has 0 unspecified atom stereocenters. The van der Waals surface area contributed by atoms with Crippen molar-refractivity contribution < 1.29 is 9.18 Å². The third-order valence-electron chi connectivity index (χ3n) is 1.70. The van der Waals surface area contributed by atoms with Crippen LogP contribution in [0.1, 0.15) is 37.0 Å². The molecule has 0 radical (unpaired) electrons. The molecule has 0 bridgehead atoms. The zero-order valence-corrected chi connectivity index (χ0v) is 9.85. The number of halogens is 2. The number of alkyl halides is 1. The Bertz CT molecular complexity index is 282. The Morgan fingerprint density at radius 3 is 2.27 bits per heavy atom. The van der Waals surface area contributed by atoms with Crippen LogP contribution in [0, 0.1) is 5.82 Å². The molecule has 0 heterocycles. The first-order valence-electron chi connectivity index (χ1n) is 5.09. The van der Waals surface area contributed by atoms with Gasteiger partial charge in [0.1, 0.15) is 5.82 Å². The minimum atomic E-state index is -0.325. The lowest BCUT2D eigenvalue weighted by Gasteiger charge is -1.98. The molecule has 1 rings (SSSR count). The average Bonchev–Trinajstić information content (AvgIpc) is 2.29. The highest BCUT2D eigenvalue weighted by molar-refractivity contribution is 6.18. The highest BCUT2D eigenvalue weighted by atomic mass is 35.5. The van der Waals surface area contributed by atoms with E-state index in [-0.39, 0.29) is 11.6 Å². The van der Waals surface area contributed by atoms with Gasteiger partial charge in [-0.05, 0) is 30.7 Å².